The SMILES string of the molecule is CC[C@H](C)OC(=O)CN1C(=O)S/C(=C/c2ccc(OCC(=O)Nc3ccc(C)cc3)c(OC)c2)C1=O. The highest BCUT2D eigenvalue weighted by molar-refractivity contribution is 8.18. The number of esters is 1. The zero-order valence-electron chi connectivity index (χ0n) is 20.5. The summed E-state index contributed by atoms with van der Waals surface area (Å²) in [6.45, 7) is 4.90. The first-order valence-corrected chi connectivity index (χ1v) is 12.1. The van der Waals surface area contributed by atoms with Crippen molar-refractivity contribution in [2.75, 3.05) is 25.6 Å². The summed E-state index contributed by atoms with van der Waals surface area (Å²) in [5.74, 6) is -0.844. The predicted octanol–water partition coefficient (Wildman–Crippen LogP) is 4.40. The summed E-state index contributed by atoms with van der Waals surface area (Å²) in [5, 5.41) is 2.21. The summed E-state index contributed by atoms with van der Waals surface area (Å²) in [4.78, 5) is 50.2. The van der Waals surface area contributed by atoms with Gasteiger partial charge in [-0.2, -0.15) is 0 Å². The van der Waals surface area contributed by atoms with E-state index in [9.17, 15) is 19.2 Å². The topological polar surface area (TPSA) is 111 Å². The van der Waals surface area contributed by atoms with Gasteiger partial charge in [-0.05, 0) is 67.9 Å². The lowest BCUT2D eigenvalue weighted by molar-refractivity contribution is -0.150. The Morgan fingerprint density at radius 2 is 1.83 bits per heavy atom. The Labute approximate surface area is 213 Å². The molecular weight excluding hydrogens is 484 g/mol. The van der Waals surface area contributed by atoms with E-state index in [-0.39, 0.29) is 23.5 Å². The van der Waals surface area contributed by atoms with E-state index < -0.39 is 23.7 Å². The molecule has 9 nitrogen and oxygen atoms in total. The number of rotatable bonds is 10. The van der Waals surface area contributed by atoms with Crippen molar-refractivity contribution in [3.8, 4) is 11.5 Å². The van der Waals surface area contributed by atoms with E-state index in [0.717, 1.165) is 22.2 Å². The highest BCUT2D eigenvalue weighted by Gasteiger charge is 2.36. The number of hydrogen-bond donors (Lipinski definition) is 1. The fourth-order valence-electron chi connectivity index (χ4n) is 3.13. The van der Waals surface area contributed by atoms with E-state index in [2.05, 4.69) is 5.32 Å². The van der Waals surface area contributed by atoms with Gasteiger partial charge < -0.3 is 19.5 Å². The molecule has 1 aliphatic rings. The van der Waals surface area contributed by atoms with E-state index in [1.165, 1.54) is 13.2 Å². The van der Waals surface area contributed by atoms with Crippen LogP contribution in [0.1, 0.15) is 31.4 Å². The van der Waals surface area contributed by atoms with Gasteiger partial charge in [-0.15, -0.1) is 0 Å². The molecule has 1 atom stereocenters. The normalized spacial score (nSPS) is 15.1. The summed E-state index contributed by atoms with van der Waals surface area (Å²) in [7, 11) is 1.45. The molecule has 36 heavy (non-hydrogen) atoms. The molecule has 3 rings (SSSR count). The molecule has 2 aromatic carbocycles. The Kier molecular flexibility index (Phi) is 9.13. The first-order valence-electron chi connectivity index (χ1n) is 11.3. The van der Waals surface area contributed by atoms with Gasteiger partial charge in [0.2, 0.25) is 0 Å². The Hall–Kier alpha value is -3.79. The lowest BCUT2D eigenvalue weighted by Crippen LogP contribution is -2.35. The number of nitrogens with zero attached hydrogens (tertiary/aromatic N) is 1. The van der Waals surface area contributed by atoms with E-state index in [4.69, 9.17) is 14.2 Å². The maximum absolute atomic E-state index is 12.7. The van der Waals surface area contributed by atoms with Crippen LogP contribution >= 0.6 is 11.8 Å². The second-order valence-electron chi connectivity index (χ2n) is 8.09. The first-order chi connectivity index (χ1) is 17.2. The number of hydrogen-bond acceptors (Lipinski definition) is 8. The third-order valence-corrected chi connectivity index (χ3v) is 6.16. The smallest absolute Gasteiger partial charge is 0.326 e. The van der Waals surface area contributed by atoms with Gasteiger partial charge in [-0.3, -0.25) is 24.1 Å². The van der Waals surface area contributed by atoms with Gasteiger partial charge in [0.25, 0.3) is 17.1 Å². The predicted molar refractivity (Wildman–Crippen MR) is 137 cm³/mol. The van der Waals surface area contributed by atoms with Gasteiger partial charge in [-0.25, -0.2) is 0 Å². The molecule has 2 aromatic rings. The van der Waals surface area contributed by atoms with Gasteiger partial charge in [0.05, 0.1) is 18.1 Å². The molecule has 0 aliphatic carbocycles. The lowest BCUT2D eigenvalue weighted by atomic mass is 10.2. The van der Waals surface area contributed by atoms with Gasteiger partial charge in [-0.1, -0.05) is 30.7 Å². The number of carbonyl (C=O) groups is 4. The fraction of sp³-hybridized carbons (Fsp3) is 0.308. The van der Waals surface area contributed by atoms with Crippen molar-refractivity contribution in [1.29, 1.82) is 0 Å². The van der Waals surface area contributed by atoms with Crippen molar-refractivity contribution in [3.63, 3.8) is 0 Å². The monoisotopic (exact) mass is 512 g/mol. The van der Waals surface area contributed by atoms with Crippen LogP contribution in [0.5, 0.6) is 11.5 Å². The summed E-state index contributed by atoms with van der Waals surface area (Å²) in [5.41, 5.74) is 2.33. The van der Waals surface area contributed by atoms with E-state index in [1.807, 2.05) is 26.0 Å². The van der Waals surface area contributed by atoms with Crippen LogP contribution in [0.4, 0.5) is 10.5 Å². The van der Waals surface area contributed by atoms with Gasteiger partial charge in [0.15, 0.2) is 18.1 Å². The second kappa shape index (κ2) is 12.3. The molecule has 0 saturated carbocycles. The van der Waals surface area contributed by atoms with Crippen molar-refractivity contribution in [3.05, 3.63) is 58.5 Å². The molecule has 0 radical (unpaired) electrons. The molecule has 0 bridgehead atoms. The van der Waals surface area contributed by atoms with Crippen molar-refractivity contribution in [1.82, 2.24) is 4.90 Å². The highest BCUT2D eigenvalue weighted by Crippen LogP contribution is 2.34. The molecule has 3 amide bonds. The standard InChI is InChI=1S/C26H28N2O7S/c1-5-17(3)35-24(30)14-28-25(31)22(36-26(28)32)13-18-8-11-20(21(12-18)33-4)34-15-23(29)27-19-9-6-16(2)7-10-19/h6-13,17H,5,14-15H2,1-4H3,(H,27,29)/b22-13+/t17-/m0/s1. The van der Waals surface area contributed by atoms with Crippen molar-refractivity contribution >= 4 is 46.5 Å². The van der Waals surface area contributed by atoms with Crippen LogP contribution in [0.25, 0.3) is 6.08 Å². The van der Waals surface area contributed by atoms with E-state index in [1.54, 1.807) is 37.3 Å². The van der Waals surface area contributed by atoms with E-state index >= 15 is 0 Å². The Balaban J connectivity index is 1.63. The summed E-state index contributed by atoms with van der Waals surface area (Å²) in [6.07, 6.45) is 1.86. The molecule has 0 aromatic heterocycles. The molecule has 0 unspecified atom stereocenters. The number of thioether (sulfide) groups is 1. The van der Waals surface area contributed by atoms with Gasteiger partial charge in [0.1, 0.15) is 6.54 Å². The zero-order valence-corrected chi connectivity index (χ0v) is 21.3. The number of nitrogens with one attached hydrogen (secondary N) is 1. The number of aryl methyl sites for hydroxylation is 1. The third kappa shape index (κ3) is 7.11. The maximum atomic E-state index is 12.7. The van der Waals surface area contributed by atoms with Crippen LogP contribution in [0.15, 0.2) is 47.4 Å². The number of benzene rings is 2. The number of ether oxygens (including phenoxy) is 3. The minimum atomic E-state index is -0.637. The Morgan fingerprint density at radius 1 is 1.11 bits per heavy atom. The molecule has 10 heteroatoms. The van der Waals surface area contributed by atoms with Gasteiger partial charge in [0, 0.05) is 5.69 Å². The molecule has 1 aliphatic heterocycles. The van der Waals surface area contributed by atoms with Crippen LogP contribution in [0, 0.1) is 6.92 Å². The minimum Gasteiger partial charge on any atom is -0.493 e. The molecule has 190 valence electrons. The van der Waals surface area contributed by atoms with Crippen molar-refractivity contribution < 1.29 is 33.4 Å². The summed E-state index contributed by atoms with van der Waals surface area (Å²) >= 11 is 0.743. The summed E-state index contributed by atoms with van der Waals surface area (Å²) < 4.78 is 16.1. The lowest BCUT2D eigenvalue weighted by Gasteiger charge is -2.14. The average molecular weight is 513 g/mol. The van der Waals surface area contributed by atoms with Crippen LogP contribution in [-0.4, -0.2) is 54.3 Å². The molecule has 1 heterocycles. The minimum absolute atomic E-state index is 0.171. The van der Waals surface area contributed by atoms with Crippen LogP contribution in [0.3, 0.4) is 0 Å². The number of anilines is 1. The van der Waals surface area contributed by atoms with Crippen LogP contribution in [0.2, 0.25) is 0 Å². The number of methoxy groups -OCH3 is 1. The Morgan fingerprint density at radius 3 is 2.50 bits per heavy atom. The molecule has 0 spiro atoms. The molecule has 1 N–H and O–H groups in total. The highest BCUT2D eigenvalue weighted by atomic mass is 32.2. The molecule has 1 fully saturated rings. The zero-order chi connectivity index (χ0) is 26.2. The number of amides is 3. The molecule has 1 saturated heterocycles. The van der Waals surface area contributed by atoms with E-state index in [0.29, 0.717) is 29.2 Å². The van der Waals surface area contributed by atoms with Crippen molar-refractivity contribution in [2.24, 2.45) is 0 Å². The van der Waals surface area contributed by atoms with Gasteiger partial charge >= 0.3 is 5.97 Å². The Bertz CT molecular complexity index is 1180. The average Bonchev–Trinajstić information content (AvgIpc) is 3.11. The number of imide groups is 1. The fourth-order valence-corrected chi connectivity index (χ4v) is 3.97. The van der Waals surface area contributed by atoms with Crippen LogP contribution < -0.4 is 14.8 Å². The summed E-state index contributed by atoms with van der Waals surface area (Å²) in [6, 6.07) is 12.3. The maximum Gasteiger partial charge on any atom is 0.326 e. The largest absolute Gasteiger partial charge is 0.493 e. The molecular formula is C26H28N2O7S. The number of carbonyl (C=O) groups excluding carboxylic acids is 4. The third-order valence-electron chi connectivity index (χ3n) is 5.25. The van der Waals surface area contributed by atoms with Crippen LogP contribution in [-0.2, 0) is 19.1 Å². The first kappa shape index (κ1) is 26.8. The van der Waals surface area contributed by atoms with Crippen molar-refractivity contribution in [2.45, 2.75) is 33.3 Å². The quantitative estimate of drug-likeness (QED) is 0.368. The second-order valence-corrected chi connectivity index (χ2v) is 9.08.